The second kappa shape index (κ2) is 10.1. The Balaban J connectivity index is 1.73. The zero-order valence-electron chi connectivity index (χ0n) is 17.5. The van der Waals surface area contributed by atoms with Crippen molar-refractivity contribution in [3.63, 3.8) is 0 Å². The van der Waals surface area contributed by atoms with Gasteiger partial charge in [0.2, 0.25) is 10.0 Å². The summed E-state index contributed by atoms with van der Waals surface area (Å²) in [6.45, 7) is 4.97. The minimum atomic E-state index is -3.74. The third-order valence-electron chi connectivity index (χ3n) is 5.23. The van der Waals surface area contributed by atoms with Crippen molar-refractivity contribution < 1.29 is 17.6 Å². The van der Waals surface area contributed by atoms with Crippen LogP contribution in [-0.2, 0) is 14.8 Å². The number of rotatable bonds is 9. The number of thiocarbonyl (C=S) groups is 1. The molecule has 1 aromatic carbocycles. The number of nitrogens with zero attached hydrogens (tertiary/aromatic N) is 1. The Bertz CT molecular complexity index is 1090. The lowest BCUT2D eigenvalue weighted by atomic mass is 9.99. The van der Waals surface area contributed by atoms with Crippen molar-refractivity contribution in [2.75, 3.05) is 6.54 Å². The zero-order chi connectivity index (χ0) is 22.6. The summed E-state index contributed by atoms with van der Waals surface area (Å²) in [7, 11) is -3.74. The number of hydrogen-bond donors (Lipinski definition) is 1. The van der Waals surface area contributed by atoms with Crippen LogP contribution in [-0.4, -0.2) is 30.1 Å². The van der Waals surface area contributed by atoms with Crippen molar-refractivity contribution >= 4 is 50.3 Å². The van der Waals surface area contributed by atoms with Gasteiger partial charge in [0.1, 0.15) is 15.8 Å². The molecule has 1 unspecified atom stereocenters. The van der Waals surface area contributed by atoms with E-state index in [2.05, 4.69) is 13.8 Å². The zero-order valence-corrected chi connectivity index (χ0v) is 20.0. The molecule has 31 heavy (non-hydrogen) atoms. The van der Waals surface area contributed by atoms with E-state index in [9.17, 15) is 13.2 Å². The van der Waals surface area contributed by atoms with E-state index in [1.54, 1.807) is 35.2 Å². The Morgan fingerprint density at radius 3 is 2.52 bits per heavy atom. The van der Waals surface area contributed by atoms with Gasteiger partial charge in [0, 0.05) is 18.2 Å². The van der Waals surface area contributed by atoms with Gasteiger partial charge in [-0.2, -0.15) is 0 Å². The third-order valence-corrected chi connectivity index (χ3v) is 7.53. The smallest absolute Gasteiger partial charge is 0.266 e. The second-order valence-electron chi connectivity index (χ2n) is 7.48. The van der Waals surface area contributed by atoms with Crippen LogP contribution in [0.1, 0.15) is 45.3 Å². The molecule has 2 N–H and O–H groups in total. The van der Waals surface area contributed by atoms with E-state index in [0.29, 0.717) is 38.8 Å². The van der Waals surface area contributed by atoms with Gasteiger partial charge in [0.15, 0.2) is 0 Å². The number of thioether (sulfide) groups is 1. The number of carbonyl (C=O) groups excluding carboxylic acids is 1. The third kappa shape index (κ3) is 5.85. The quantitative estimate of drug-likeness (QED) is 0.402. The molecule has 1 atom stereocenters. The number of primary sulfonamides is 1. The van der Waals surface area contributed by atoms with Crippen LogP contribution >= 0.6 is 24.0 Å². The van der Waals surface area contributed by atoms with Crippen molar-refractivity contribution in [2.24, 2.45) is 11.1 Å². The molecule has 1 fully saturated rings. The predicted molar refractivity (Wildman–Crippen MR) is 129 cm³/mol. The average molecular weight is 479 g/mol. The highest BCUT2D eigenvalue weighted by Crippen LogP contribution is 2.35. The maximum absolute atomic E-state index is 12.9. The van der Waals surface area contributed by atoms with Crippen molar-refractivity contribution in [3.8, 4) is 11.3 Å². The fourth-order valence-electron chi connectivity index (χ4n) is 3.36. The summed E-state index contributed by atoms with van der Waals surface area (Å²) in [4.78, 5) is 15.2. The highest BCUT2D eigenvalue weighted by molar-refractivity contribution is 8.26. The van der Waals surface area contributed by atoms with E-state index < -0.39 is 10.0 Å². The lowest BCUT2D eigenvalue weighted by Crippen LogP contribution is -2.33. The molecule has 1 aliphatic heterocycles. The van der Waals surface area contributed by atoms with Crippen LogP contribution in [0.3, 0.4) is 0 Å². The lowest BCUT2D eigenvalue weighted by Gasteiger charge is -2.21. The van der Waals surface area contributed by atoms with E-state index in [-0.39, 0.29) is 10.8 Å². The largest absolute Gasteiger partial charge is 0.457 e. The average Bonchev–Trinajstić information content (AvgIpc) is 3.30. The number of amides is 1. The number of carbonyl (C=O) groups is 1. The van der Waals surface area contributed by atoms with Gasteiger partial charge in [-0.1, -0.05) is 57.1 Å². The second-order valence-corrected chi connectivity index (χ2v) is 10.7. The van der Waals surface area contributed by atoms with Gasteiger partial charge in [-0.3, -0.25) is 9.69 Å². The lowest BCUT2D eigenvalue weighted by molar-refractivity contribution is -0.122. The summed E-state index contributed by atoms with van der Waals surface area (Å²) in [5.74, 6) is 1.45. The first-order valence-electron chi connectivity index (χ1n) is 10.2. The molecular weight excluding hydrogens is 452 g/mol. The summed E-state index contributed by atoms with van der Waals surface area (Å²) in [5, 5.41) is 5.13. The highest BCUT2D eigenvalue weighted by atomic mass is 32.2. The van der Waals surface area contributed by atoms with Gasteiger partial charge in [0.25, 0.3) is 5.91 Å². The first-order chi connectivity index (χ1) is 14.7. The summed E-state index contributed by atoms with van der Waals surface area (Å²) in [6.07, 6.45) is 6.10. The molecule has 0 spiro atoms. The number of hydrogen-bond acceptors (Lipinski definition) is 6. The van der Waals surface area contributed by atoms with Gasteiger partial charge in [-0.05, 0) is 48.7 Å². The number of furan rings is 1. The number of sulfonamides is 1. The Morgan fingerprint density at radius 2 is 1.90 bits per heavy atom. The predicted octanol–water partition coefficient (Wildman–Crippen LogP) is 5.01. The Morgan fingerprint density at radius 1 is 1.19 bits per heavy atom. The normalized spacial score (nSPS) is 17.0. The van der Waals surface area contributed by atoms with Crippen LogP contribution in [0, 0.1) is 5.92 Å². The van der Waals surface area contributed by atoms with Crippen molar-refractivity contribution in [3.05, 3.63) is 47.1 Å². The fraction of sp³-hybridized carbons (Fsp3) is 0.364. The first kappa shape index (κ1) is 23.7. The summed E-state index contributed by atoms with van der Waals surface area (Å²) >= 11 is 6.74. The van der Waals surface area contributed by atoms with E-state index in [4.69, 9.17) is 21.8 Å². The van der Waals surface area contributed by atoms with Gasteiger partial charge >= 0.3 is 0 Å². The maximum Gasteiger partial charge on any atom is 0.266 e. The molecule has 1 amide bonds. The molecule has 6 nitrogen and oxygen atoms in total. The Hall–Kier alpha value is -1.94. The van der Waals surface area contributed by atoms with E-state index in [1.807, 2.05) is 0 Å². The summed E-state index contributed by atoms with van der Waals surface area (Å²) < 4.78 is 29.2. The van der Waals surface area contributed by atoms with Crippen LogP contribution < -0.4 is 5.14 Å². The SMILES string of the molecule is CCCCC(CC)CN1C(=O)/C(=C\c2ccc(-c3ccc(S(N)(=O)=O)cc3)o2)SC1=S. The summed E-state index contributed by atoms with van der Waals surface area (Å²) in [6, 6.07) is 9.66. The number of benzene rings is 1. The molecule has 2 heterocycles. The molecule has 9 heteroatoms. The molecule has 0 radical (unpaired) electrons. The van der Waals surface area contributed by atoms with Crippen LogP contribution in [0.4, 0.5) is 0 Å². The van der Waals surface area contributed by atoms with Crippen molar-refractivity contribution in [2.45, 2.75) is 44.4 Å². The Kier molecular flexibility index (Phi) is 7.74. The molecule has 1 aliphatic rings. The monoisotopic (exact) mass is 478 g/mol. The molecule has 2 aromatic rings. The first-order valence-corrected chi connectivity index (χ1v) is 13.0. The van der Waals surface area contributed by atoms with Crippen molar-refractivity contribution in [1.82, 2.24) is 4.90 Å². The van der Waals surface area contributed by atoms with Crippen LogP contribution in [0.25, 0.3) is 17.4 Å². The van der Waals surface area contributed by atoms with Gasteiger partial charge in [0.05, 0.1) is 9.80 Å². The molecule has 1 aromatic heterocycles. The topological polar surface area (TPSA) is 93.6 Å². The molecule has 0 aliphatic carbocycles. The molecular formula is C22H26N2O4S3. The Labute approximate surface area is 192 Å². The van der Waals surface area contributed by atoms with Gasteiger partial charge < -0.3 is 4.42 Å². The van der Waals surface area contributed by atoms with Crippen LogP contribution in [0.15, 0.2) is 50.6 Å². The fourth-order valence-corrected chi connectivity index (χ4v) is 5.13. The molecule has 1 saturated heterocycles. The van der Waals surface area contributed by atoms with Crippen molar-refractivity contribution in [1.29, 1.82) is 0 Å². The minimum absolute atomic E-state index is 0.0380. The van der Waals surface area contributed by atoms with Gasteiger partial charge in [-0.25, -0.2) is 13.6 Å². The van der Waals surface area contributed by atoms with E-state index >= 15 is 0 Å². The molecule has 166 valence electrons. The van der Waals surface area contributed by atoms with Crippen LogP contribution in [0.2, 0.25) is 0 Å². The van der Waals surface area contributed by atoms with Crippen LogP contribution in [0.5, 0.6) is 0 Å². The van der Waals surface area contributed by atoms with Gasteiger partial charge in [-0.15, -0.1) is 0 Å². The minimum Gasteiger partial charge on any atom is -0.457 e. The van der Waals surface area contributed by atoms with E-state index in [1.165, 1.54) is 23.9 Å². The van der Waals surface area contributed by atoms with E-state index in [0.717, 1.165) is 25.7 Å². The molecule has 3 rings (SSSR count). The number of nitrogens with two attached hydrogens (primary N) is 1. The maximum atomic E-state index is 12.9. The highest BCUT2D eigenvalue weighted by Gasteiger charge is 2.33. The summed E-state index contributed by atoms with van der Waals surface area (Å²) in [5.41, 5.74) is 0.710. The molecule has 0 saturated carbocycles. The standard InChI is InChI=1S/C22H26N2O4S3/c1-3-5-6-15(4-2)14-24-21(25)20(30-22(24)29)13-17-9-12-19(28-17)16-7-10-18(11-8-16)31(23,26)27/h7-13,15H,3-6,14H2,1-2H3,(H2,23,26,27)/b20-13+. The molecule has 0 bridgehead atoms. The number of unbranched alkanes of at least 4 members (excludes halogenated alkanes) is 1.